The van der Waals surface area contributed by atoms with Gasteiger partial charge >= 0.3 is 5.76 Å². The Hall–Kier alpha value is -2.04. The van der Waals surface area contributed by atoms with E-state index in [4.69, 9.17) is 10.2 Å². The number of hydrogen-bond donors (Lipinski definition) is 2. The molecule has 1 aromatic carbocycles. The molecule has 0 saturated heterocycles. The quantitative estimate of drug-likeness (QED) is 0.654. The summed E-state index contributed by atoms with van der Waals surface area (Å²) in [6.07, 6.45) is 0. The number of rotatable bonds is 1. The van der Waals surface area contributed by atoms with Gasteiger partial charge in [-0.1, -0.05) is 6.07 Å². The van der Waals surface area contributed by atoms with Gasteiger partial charge in [0.25, 0.3) is 5.91 Å². The van der Waals surface area contributed by atoms with Crippen LogP contribution in [0.4, 0.5) is 0 Å². The lowest BCUT2D eigenvalue weighted by Gasteiger charge is -1.93. The molecule has 0 saturated carbocycles. The summed E-state index contributed by atoms with van der Waals surface area (Å²) in [5.74, 6) is -1.19. The Morgan fingerprint density at radius 1 is 1.46 bits per heavy atom. The first-order chi connectivity index (χ1) is 6.18. The van der Waals surface area contributed by atoms with E-state index in [-0.39, 0.29) is 5.56 Å². The first-order valence-corrected chi connectivity index (χ1v) is 3.60. The second-order valence-corrected chi connectivity index (χ2v) is 2.56. The average Bonchev–Trinajstić information content (AvgIpc) is 2.43. The maximum absolute atomic E-state index is 10.9. The summed E-state index contributed by atoms with van der Waals surface area (Å²) >= 11 is 0. The molecule has 5 nitrogen and oxygen atoms in total. The number of nitrogens with one attached hydrogen (secondary N) is 1. The van der Waals surface area contributed by atoms with E-state index < -0.39 is 11.7 Å². The predicted molar refractivity (Wildman–Crippen MR) is 45.4 cm³/mol. The summed E-state index contributed by atoms with van der Waals surface area (Å²) in [6, 6.07) is 4.70. The number of benzene rings is 1. The summed E-state index contributed by atoms with van der Waals surface area (Å²) < 4.78 is 4.74. The normalized spacial score (nSPS) is 10.5. The molecule has 13 heavy (non-hydrogen) atoms. The molecule has 1 amide bonds. The molecule has 0 aliphatic rings. The van der Waals surface area contributed by atoms with E-state index in [1.807, 2.05) is 0 Å². The third-order valence-electron chi connectivity index (χ3n) is 1.72. The second kappa shape index (κ2) is 2.48. The topological polar surface area (TPSA) is 89.1 Å². The van der Waals surface area contributed by atoms with Gasteiger partial charge in [-0.2, -0.15) is 0 Å². The van der Waals surface area contributed by atoms with Crippen LogP contribution in [-0.4, -0.2) is 10.9 Å². The highest BCUT2D eigenvalue weighted by molar-refractivity contribution is 6.03. The molecule has 0 unspecified atom stereocenters. The monoisotopic (exact) mass is 178 g/mol. The Balaban J connectivity index is 2.90. The SMILES string of the molecule is NC(=O)c1cccc2oc(=O)[nH]c12. The molecule has 0 aliphatic carbocycles. The summed E-state index contributed by atoms with van der Waals surface area (Å²) in [4.78, 5) is 24.1. The Morgan fingerprint density at radius 3 is 2.92 bits per heavy atom. The van der Waals surface area contributed by atoms with Gasteiger partial charge in [-0.25, -0.2) is 4.79 Å². The molecule has 5 heteroatoms. The van der Waals surface area contributed by atoms with Crippen molar-refractivity contribution >= 4 is 17.0 Å². The molecule has 1 aromatic heterocycles. The van der Waals surface area contributed by atoms with Crippen molar-refractivity contribution in [2.45, 2.75) is 0 Å². The smallest absolute Gasteiger partial charge is 0.408 e. The molecule has 0 fully saturated rings. The van der Waals surface area contributed by atoms with Crippen LogP contribution in [0.1, 0.15) is 10.4 Å². The van der Waals surface area contributed by atoms with E-state index in [0.29, 0.717) is 11.1 Å². The van der Waals surface area contributed by atoms with Crippen molar-refractivity contribution in [2.75, 3.05) is 0 Å². The van der Waals surface area contributed by atoms with Crippen molar-refractivity contribution in [3.8, 4) is 0 Å². The molecular weight excluding hydrogens is 172 g/mol. The summed E-state index contributed by atoms with van der Waals surface area (Å²) in [6.45, 7) is 0. The van der Waals surface area contributed by atoms with Crippen LogP contribution in [0.3, 0.4) is 0 Å². The highest BCUT2D eigenvalue weighted by Gasteiger charge is 2.09. The van der Waals surface area contributed by atoms with Gasteiger partial charge in [-0.3, -0.25) is 9.78 Å². The van der Waals surface area contributed by atoms with Crippen LogP contribution in [-0.2, 0) is 0 Å². The largest absolute Gasteiger partial charge is 0.417 e. The lowest BCUT2D eigenvalue weighted by atomic mass is 10.2. The van der Waals surface area contributed by atoms with Crippen molar-refractivity contribution in [3.05, 3.63) is 34.3 Å². The van der Waals surface area contributed by atoms with Crippen LogP contribution in [0, 0.1) is 0 Å². The lowest BCUT2D eigenvalue weighted by molar-refractivity contribution is 0.100. The number of oxazole rings is 1. The van der Waals surface area contributed by atoms with Crippen LogP contribution in [0.15, 0.2) is 27.4 Å². The molecule has 0 atom stereocenters. The zero-order valence-corrected chi connectivity index (χ0v) is 6.53. The third kappa shape index (κ3) is 1.10. The van der Waals surface area contributed by atoms with E-state index >= 15 is 0 Å². The molecule has 2 aromatic rings. The number of nitrogens with two attached hydrogens (primary N) is 1. The fraction of sp³-hybridized carbons (Fsp3) is 0. The van der Waals surface area contributed by atoms with Gasteiger partial charge in [0.15, 0.2) is 5.58 Å². The summed E-state index contributed by atoms with van der Waals surface area (Å²) in [5.41, 5.74) is 6.02. The van der Waals surface area contributed by atoms with Crippen molar-refractivity contribution < 1.29 is 9.21 Å². The van der Waals surface area contributed by atoms with Crippen molar-refractivity contribution in [2.24, 2.45) is 5.73 Å². The number of fused-ring (bicyclic) bond motifs is 1. The highest BCUT2D eigenvalue weighted by Crippen LogP contribution is 2.13. The molecule has 0 spiro atoms. The second-order valence-electron chi connectivity index (χ2n) is 2.56. The van der Waals surface area contributed by atoms with E-state index in [2.05, 4.69) is 4.98 Å². The van der Waals surface area contributed by atoms with Crippen molar-refractivity contribution in [1.29, 1.82) is 0 Å². The Morgan fingerprint density at radius 2 is 2.23 bits per heavy atom. The van der Waals surface area contributed by atoms with Crippen LogP contribution in [0.25, 0.3) is 11.1 Å². The zero-order chi connectivity index (χ0) is 9.42. The van der Waals surface area contributed by atoms with Gasteiger partial charge in [-0.15, -0.1) is 0 Å². The van der Waals surface area contributed by atoms with Gasteiger partial charge in [0.2, 0.25) is 0 Å². The zero-order valence-electron chi connectivity index (χ0n) is 6.53. The fourth-order valence-electron chi connectivity index (χ4n) is 1.18. The average molecular weight is 178 g/mol. The molecule has 0 bridgehead atoms. The molecule has 66 valence electrons. The Bertz CT molecular complexity index is 523. The number of hydrogen-bond acceptors (Lipinski definition) is 3. The van der Waals surface area contributed by atoms with Gasteiger partial charge in [0.05, 0.1) is 11.1 Å². The predicted octanol–water partition coefficient (Wildman–Crippen LogP) is 0.220. The van der Waals surface area contributed by atoms with Crippen molar-refractivity contribution in [3.63, 3.8) is 0 Å². The van der Waals surface area contributed by atoms with E-state index in [9.17, 15) is 9.59 Å². The van der Waals surface area contributed by atoms with Crippen LogP contribution < -0.4 is 11.5 Å². The lowest BCUT2D eigenvalue weighted by Crippen LogP contribution is -2.11. The Kier molecular flexibility index (Phi) is 1.45. The third-order valence-corrected chi connectivity index (χ3v) is 1.72. The molecule has 1 heterocycles. The molecule has 2 rings (SSSR count). The number of primary amides is 1. The van der Waals surface area contributed by atoms with Crippen LogP contribution >= 0.6 is 0 Å². The van der Waals surface area contributed by atoms with E-state index in [0.717, 1.165) is 0 Å². The van der Waals surface area contributed by atoms with Crippen molar-refractivity contribution in [1.82, 2.24) is 4.98 Å². The number of H-pyrrole nitrogens is 1. The number of aromatic nitrogens is 1. The molecular formula is C8H6N2O3. The van der Waals surface area contributed by atoms with Gasteiger partial charge in [-0.05, 0) is 12.1 Å². The minimum absolute atomic E-state index is 0.253. The van der Waals surface area contributed by atoms with Gasteiger partial charge in [0.1, 0.15) is 0 Å². The van der Waals surface area contributed by atoms with Crippen LogP contribution in [0.2, 0.25) is 0 Å². The molecule has 0 radical (unpaired) electrons. The van der Waals surface area contributed by atoms with Gasteiger partial charge in [0, 0.05) is 0 Å². The van der Waals surface area contributed by atoms with E-state index in [1.165, 1.54) is 6.07 Å². The fourth-order valence-corrected chi connectivity index (χ4v) is 1.18. The number of carbonyl (C=O) groups excluding carboxylic acids is 1. The number of aromatic amines is 1. The standard InChI is InChI=1S/C8H6N2O3/c9-7(11)4-2-1-3-5-6(4)10-8(12)13-5/h1-3H,(H2,9,11)(H,10,12). The molecule has 3 N–H and O–H groups in total. The number of amides is 1. The minimum atomic E-state index is -0.595. The van der Waals surface area contributed by atoms with Gasteiger partial charge < -0.3 is 10.2 Å². The highest BCUT2D eigenvalue weighted by atomic mass is 16.4. The number of carbonyl (C=O) groups is 1. The summed E-state index contributed by atoms with van der Waals surface area (Å²) in [7, 11) is 0. The minimum Gasteiger partial charge on any atom is -0.408 e. The maximum atomic E-state index is 10.9. The maximum Gasteiger partial charge on any atom is 0.417 e. The van der Waals surface area contributed by atoms with Crippen LogP contribution in [0.5, 0.6) is 0 Å². The van der Waals surface area contributed by atoms with E-state index in [1.54, 1.807) is 12.1 Å². The number of para-hydroxylation sites is 1. The first kappa shape index (κ1) is 7.60. The summed E-state index contributed by atoms with van der Waals surface area (Å²) in [5, 5.41) is 0. The Labute approximate surface area is 72.2 Å². The molecule has 0 aliphatic heterocycles. The first-order valence-electron chi connectivity index (χ1n) is 3.60.